The molecule has 4 unspecified atom stereocenters. The van der Waals surface area contributed by atoms with Crippen LogP contribution in [0.25, 0.3) is 0 Å². The number of sulfone groups is 1. The Bertz CT molecular complexity index is 1050. The van der Waals surface area contributed by atoms with Crippen LogP contribution >= 0.6 is 0 Å². The van der Waals surface area contributed by atoms with Gasteiger partial charge in [-0.3, -0.25) is 4.79 Å². The lowest BCUT2D eigenvalue weighted by Gasteiger charge is -2.30. The van der Waals surface area contributed by atoms with E-state index in [1.54, 1.807) is 0 Å². The number of hydrogen-bond acceptors (Lipinski definition) is 7. The van der Waals surface area contributed by atoms with Gasteiger partial charge in [0.2, 0.25) is 10.0 Å². The smallest absolute Gasteiger partial charge is 0.338 e. The second-order valence-electron chi connectivity index (χ2n) is 8.67. The molecule has 32 heavy (non-hydrogen) atoms. The van der Waals surface area contributed by atoms with Gasteiger partial charge < -0.3 is 10.1 Å². The number of esters is 1. The fourth-order valence-corrected chi connectivity index (χ4v) is 7.11. The standard InChI is InChI=1S/C21H30N2O7S2/c1-14-5-3-4-6-19(14)22-20(24)15(2)30-21(25)16-7-9-18(10-8-16)32(28,29)23-17-11-12-31(26,27)13-17/h7-10,14-15,17,19,23H,3-6,11-13H2,1-2H3,(H,22,24). The van der Waals surface area contributed by atoms with Crippen LogP contribution in [0.3, 0.4) is 0 Å². The van der Waals surface area contributed by atoms with Crippen molar-refractivity contribution in [3.63, 3.8) is 0 Å². The lowest BCUT2D eigenvalue weighted by Crippen LogP contribution is -2.45. The molecular weight excluding hydrogens is 456 g/mol. The number of amides is 1. The molecule has 1 saturated heterocycles. The number of sulfonamides is 1. The van der Waals surface area contributed by atoms with E-state index in [2.05, 4.69) is 17.0 Å². The zero-order chi connectivity index (χ0) is 23.5. The summed E-state index contributed by atoms with van der Waals surface area (Å²) in [6, 6.07) is 4.50. The van der Waals surface area contributed by atoms with Crippen LogP contribution in [0.2, 0.25) is 0 Å². The molecule has 11 heteroatoms. The van der Waals surface area contributed by atoms with E-state index in [4.69, 9.17) is 4.74 Å². The molecule has 9 nitrogen and oxygen atoms in total. The highest BCUT2D eigenvalue weighted by Crippen LogP contribution is 2.24. The molecule has 2 fully saturated rings. The molecule has 178 valence electrons. The fourth-order valence-electron chi connectivity index (χ4n) is 4.06. The third-order valence-corrected chi connectivity index (χ3v) is 9.35. The Balaban J connectivity index is 1.56. The third-order valence-electron chi connectivity index (χ3n) is 6.05. The van der Waals surface area contributed by atoms with E-state index >= 15 is 0 Å². The number of rotatable bonds is 7. The monoisotopic (exact) mass is 486 g/mol. The van der Waals surface area contributed by atoms with E-state index in [1.807, 2.05) is 0 Å². The van der Waals surface area contributed by atoms with Crippen LogP contribution in [-0.4, -0.2) is 58.4 Å². The van der Waals surface area contributed by atoms with Crippen molar-refractivity contribution in [1.82, 2.24) is 10.0 Å². The largest absolute Gasteiger partial charge is 0.449 e. The first kappa shape index (κ1) is 24.7. The summed E-state index contributed by atoms with van der Waals surface area (Å²) in [6.07, 6.45) is 3.42. The molecule has 1 saturated carbocycles. The van der Waals surface area contributed by atoms with Crippen LogP contribution in [-0.2, 0) is 29.4 Å². The van der Waals surface area contributed by atoms with Gasteiger partial charge in [0.05, 0.1) is 22.0 Å². The van der Waals surface area contributed by atoms with E-state index in [0.29, 0.717) is 5.92 Å². The Labute approximate surface area is 189 Å². The van der Waals surface area contributed by atoms with Crippen LogP contribution in [0.15, 0.2) is 29.2 Å². The van der Waals surface area contributed by atoms with Crippen molar-refractivity contribution in [2.24, 2.45) is 5.92 Å². The molecule has 1 aliphatic carbocycles. The Morgan fingerprint density at radius 3 is 2.34 bits per heavy atom. The van der Waals surface area contributed by atoms with E-state index in [0.717, 1.165) is 25.7 Å². The van der Waals surface area contributed by atoms with Gasteiger partial charge in [0.1, 0.15) is 0 Å². The molecule has 0 spiro atoms. The lowest BCUT2D eigenvalue weighted by molar-refractivity contribution is -0.130. The quantitative estimate of drug-likeness (QED) is 0.556. The van der Waals surface area contributed by atoms with Gasteiger partial charge in [-0.25, -0.2) is 26.4 Å². The molecule has 0 radical (unpaired) electrons. The number of benzene rings is 1. The molecule has 2 aliphatic rings. The summed E-state index contributed by atoms with van der Waals surface area (Å²) in [4.78, 5) is 24.7. The summed E-state index contributed by atoms with van der Waals surface area (Å²) in [6.45, 7) is 3.59. The van der Waals surface area contributed by atoms with Crippen molar-refractivity contribution in [3.8, 4) is 0 Å². The minimum Gasteiger partial charge on any atom is -0.449 e. The van der Waals surface area contributed by atoms with E-state index in [9.17, 15) is 26.4 Å². The van der Waals surface area contributed by atoms with Crippen LogP contribution < -0.4 is 10.0 Å². The summed E-state index contributed by atoms with van der Waals surface area (Å²) in [7, 11) is -7.15. The highest BCUT2D eigenvalue weighted by molar-refractivity contribution is 7.92. The summed E-state index contributed by atoms with van der Waals surface area (Å²) < 4.78 is 55.7. The number of ether oxygens (including phenoxy) is 1. The van der Waals surface area contributed by atoms with Gasteiger partial charge in [-0.2, -0.15) is 0 Å². The number of hydrogen-bond donors (Lipinski definition) is 2. The summed E-state index contributed by atoms with van der Waals surface area (Å²) >= 11 is 0. The molecule has 2 N–H and O–H groups in total. The number of carbonyl (C=O) groups excluding carboxylic acids is 2. The molecule has 4 atom stereocenters. The van der Waals surface area contributed by atoms with Gasteiger partial charge >= 0.3 is 5.97 Å². The number of nitrogens with one attached hydrogen (secondary N) is 2. The molecule has 1 aliphatic heterocycles. The van der Waals surface area contributed by atoms with Gasteiger partial charge in [0, 0.05) is 12.1 Å². The van der Waals surface area contributed by atoms with Gasteiger partial charge in [0.15, 0.2) is 15.9 Å². The highest BCUT2D eigenvalue weighted by Gasteiger charge is 2.31. The molecule has 3 rings (SSSR count). The Morgan fingerprint density at radius 2 is 1.75 bits per heavy atom. The summed E-state index contributed by atoms with van der Waals surface area (Å²) in [5.41, 5.74) is 0.109. The van der Waals surface area contributed by atoms with E-state index in [1.165, 1.54) is 31.2 Å². The minimum absolute atomic E-state index is 0.0453. The molecule has 1 aromatic carbocycles. The maximum atomic E-state index is 12.5. The first-order chi connectivity index (χ1) is 15.0. The average molecular weight is 487 g/mol. The Hall–Kier alpha value is -1.98. The summed E-state index contributed by atoms with van der Waals surface area (Å²) in [5.74, 6) is -0.981. The maximum absolute atomic E-state index is 12.5. The molecule has 1 aromatic rings. The SMILES string of the molecule is CC(OC(=O)c1ccc(S(=O)(=O)NC2CCS(=O)(=O)C2)cc1)C(=O)NC1CCCCC1C. The molecule has 0 aromatic heterocycles. The van der Waals surface area contributed by atoms with Crippen molar-refractivity contribution < 1.29 is 31.2 Å². The van der Waals surface area contributed by atoms with Crippen LogP contribution in [0.4, 0.5) is 0 Å². The molecule has 0 bridgehead atoms. The topological polar surface area (TPSA) is 136 Å². The van der Waals surface area contributed by atoms with Crippen molar-refractivity contribution in [2.45, 2.75) is 69.0 Å². The minimum atomic E-state index is -3.93. The van der Waals surface area contributed by atoms with Gasteiger partial charge in [-0.15, -0.1) is 0 Å². The van der Waals surface area contributed by atoms with Crippen LogP contribution in [0, 0.1) is 5.92 Å². The fraction of sp³-hybridized carbons (Fsp3) is 0.619. The molecular formula is C21H30N2O7S2. The zero-order valence-corrected chi connectivity index (χ0v) is 19.9. The zero-order valence-electron chi connectivity index (χ0n) is 18.2. The predicted molar refractivity (Wildman–Crippen MR) is 118 cm³/mol. The first-order valence-electron chi connectivity index (χ1n) is 10.8. The van der Waals surface area contributed by atoms with Crippen molar-refractivity contribution in [2.75, 3.05) is 11.5 Å². The van der Waals surface area contributed by atoms with Crippen molar-refractivity contribution >= 4 is 31.7 Å². The predicted octanol–water partition coefficient (Wildman–Crippen LogP) is 1.39. The van der Waals surface area contributed by atoms with Crippen LogP contribution in [0.5, 0.6) is 0 Å². The molecule has 1 heterocycles. The second-order valence-corrected chi connectivity index (χ2v) is 12.6. The number of carbonyl (C=O) groups is 2. The molecule has 1 amide bonds. The average Bonchev–Trinajstić information content (AvgIpc) is 3.07. The summed E-state index contributed by atoms with van der Waals surface area (Å²) in [5, 5.41) is 2.95. The van der Waals surface area contributed by atoms with Gasteiger partial charge in [0.25, 0.3) is 5.91 Å². The maximum Gasteiger partial charge on any atom is 0.338 e. The van der Waals surface area contributed by atoms with Gasteiger partial charge in [-0.05, 0) is 56.4 Å². The third kappa shape index (κ3) is 6.29. The van der Waals surface area contributed by atoms with Crippen molar-refractivity contribution in [1.29, 1.82) is 0 Å². The first-order valence-corrected chi connectivity index (χ1v) is 14.1. The van der Waals surface area contributed by atoms with E-state index < -0.39 is 38.0 Å². The Morgan fingerprint density at radius 1 is 1.09 bits per heavy atom. The second kappa shape index (κ2) is 9.88. The van der Waals surface area contributed by atoms with Gasteiger partial charge in [-0.1, -0.05) is 19.8 Å². The normalized spacial score (nSPS) is 26.2. The highest BCUT2D eigenvalue weighted by atomic mass is 32.2. The lowest BCUT2D eigenvalue weighted by atomic mass is 9.86. The Kier molecular flexibility index (Phi) is 7.61. The van der Waals surface area contributed by atoms with Crippen molar-refractivity contribution in [3.05, 3.63) is 29.8 Å². The van der Waals surface area contributed by atoms with E-state index in [-0.39, 0.29) is 40.3 Å². The van der Waals surface area contributed by atoms with Crippen LogP contribution in [0.1, 0.15) is 56.3 Å².